The number of rotatable bonds is 7. The third-order valence-corrected chi connectivity index (χ3v) is 3.33. The van der Waals surface area contributed by atoms with Gasteiger partial charge in [0.25, 0.3) is 10.0 Å². The standard InChI is InChI=1S/C10H16N2O5S.ClH/c1-2-16-10(13)8-4-5-9(17-8)18(14,15)12-7-3-6-11;/h4-5,12H,2-3,6-7,11H2,1H3;1H. The molecule has 0 aliphatic rings. The summed E-state index contributed by atoms with van der Waals surface area (Å²) in [7, 11) is -3.74. The molecule has 0 aromatic carbocycles. The first-order valence-corrected chi connectivity index (χ1v) is 6.96. The second kappa shape index (κ2) is 8.16. The molecule has 0 saturated heterocycles. The van der Waals surface area contributed by atoms with E-state index in [0.717, 1.165) is 0 Å². The molecular weight excluding hydrogens is 296 g/mol. The summed E-state index contributed by atoms with van der Waals surface area (Å²) >= 11 is 0. The third-order valence-electron chi connectivity index (χ3n) is 2.00. The lowest BCUT2D eigenvalue weighted by Crippen LogP contribution is -2.25. The molecule has 0 aliphatic carbocycles. The molecule has 0 atom stereocenters. The van der Waals surface area contributed by atoms with Gasteiger partial charge in [-0.05, 0) is 32.0 Å². The molecule has 1 rings (SSSR count). The summed E-state index contributed by atoms with van der Waals surface area (Å²) in [5.41, 5.74) is 5.25. The number of esters is 1. The van der Waals surface area contributed by atoms with Gasteiger partial charge in [0.2, 0.25) is 10.9 Å². The minimum atomic E-state index is -3.74. The smallest absolute Gasteiger partial charge is 0.374 e. The number of hydrogen-bond acceptors (Lipinski definition) is 6. The average molecular weight is 313 g/mol. The van der Waals surface area contributed by atoms with E-state index >= 15 is 0 Å². The Kier molecular flexibility index (Phi) is 7.69. The van der Waals surface area contributed by atoms with Crippen LogP contribution in [0.15, 0.2) is 21.6 Å². The molecule has 1 aromatic rings. The number of nitrogens with two attached hydrogens (primary N) is 1. The molecule has 0 fully saturated rings. The van der Waals surface area contributed by atoms with Crippen molar-refractivity contribution in [2.24, 2.45) is 5.73 Å². The second-order valence-corrected chi connectivity index (χ2v) is 5.08. The van der Waals surface area contributed by atoms with E-state index in [2.05, 4.69) is 9.46 Å². The van der Waals surface area contributed by atoms with Crippen LogP contribution in [0.4, 0.5) is 0 Å². The zero-order chi connectivity index (χ0) is 13.6. The average Bonchev–Trinajstić information content (AvgIpc) is 2.79. The number of ether oxygens (including phenoxy) is 1. The monoisotopic (exact) mass is 312 g/mol. The molecule has 7 nitrogen and oxygen atoms in total. The highest BCUT2D eigenvalue weighted by Crippen LogP contribution is 2.14. The number of hydrogen-bond donors (Lipinski definition) is 2. The second-order valence-electron chi connectivity index (χ2n) is 3.38. The maximum atomic E-state index is 11.7. The van der Waals surface area contributed by atoms with Gasteiger partial charge in [0, 0.05) is 6.54 Å². The van der Waals surface area contributed by atoms with Crippen molar-refractivity contribution in [3.05, 3.63) is 17.9 Å². The van der Waals surface area contributed by atoms with Crippen LogP contribution in [0.25, 0.3) is 0 Å². The molecule has 110 valence electrons. The fourth-order valence-corrected chi connectivity index (χ4v) is 2.16. The lowest BCUT2D eigenvalue weighted by Gasteiger charge is -2.02. The van der Waals surface area contributed by atoms with Crippen molar-refractivity contribution in [2.45, 2.75) is 18.4 Å². The van der Waals surface area contributed by atoms with Crippen molar-refractivity contribution in [2.75, 3.05) is 19.7 Å². The van der Waals surface area contributed by atoms with Gasteiger partial charge < -0.3 is 14.9 Å². The molecule has 1 aromatic heterocycles. The maximum absolute atomic E-state index is 11.7. The fourth-order valence-electron chi connectivity index (χ4n) is 1.16. The molecular formula is C10H17ClN2O5S. The predicted octanol–water partition coefficient (Wildman–Crippen LogP) is 0.505. The molecule has 3 N–H and O–H groups in total. The van der Waals surface area contributed by atoms with Crippen molar-refractivity contribution >= 4 is 28.4 Å². The van der Waals surface area contributed by atoms with Gasteiger partial charge in [-0.25, -0.2) is 17.9 Å². The van der Waals surface area contributed by atoms with E-state index in [-0.39, 0.29) is 36.4 Å². The highest BCUT2D eigenvalue weighted by Gasteiger charge is 2.21. The molecule has 19 heavy (non-hydrogen) atoms. The number of furan rings is 1. The molecule has 1 heterocycles. The highest BCUT2D eigenvalue weighted by molar-refractivity contribution is 7.89. The van der Waals surface area contributed by atoms with E-state index in [9.17, 15) is 13.2 Å². The Morgan fingerprint density at radius 2 is 2.16 bits per heavy atom. The van der Waals surface area contributed by atoms with Crippen LogP contribution in [0.3, 0.4) is 0 Å². The first kappa shape index (κ1) is 17.9. The fraction of sp³-hybridized carbons (Fsp3) is 0.500. The Hall–Kier alpha value is -1.09. The highest BCUT2D eigenvalue weighted by atomic mass is 35.5. The minimum Gasteiger partial charge on any atom is -0.460 e. The van der Waals surface area contributed by atoms with E-state index in [4.69, 9.17) is 10.2 Å². The molecule has 9 heteroatoms. The van der Waals surface area contributed by atoms with Crippen molar-refractivity contribution in [1.29, 1.82) is 0 Å². The van der Waals surface area contributed by atoms with Gasteiger partial charge >= 0.3 is 5.97 Å². The topological polar surface area (TPSA) is 112 Å². The summed E-state index contributed by atoms with van der Waals surface area (Å²) in [6.45, 7) is 2.44. The summed E-state index contributed by atoms with van der Waals surface area (Å²) in [6, 6.07) is 2.46. The lowest BCUT2D eigenvalue weighted by molar-refractivity contribution is 0.0484. The predicted molar refractivity (Wildman–Crippen MR) is 70.8 cm³/mol. The van der Waals surface area contributed by atoms with Crippen LogP contribution < -0.4 is 10.5 Å². The number of carbonyl (C=O) groups excluding carboxylic acids is 1. The molecule has 0 radical (unpaired) electrons. The van der Waals surface area contributed by atoms with E-state index in [1.54, 1.807) is 6.92 Å². The quantitative estimate of drug-likeness (QED) is 0.560. The molecule has 0 spiro atoms. The summed E-state index contributed by atoms with van der Waals surface area (Å²) in [4.78, 5) is 11.3. The first-order chi connectivity index (χ1) is 8.51. The normalized spacial score (nSPS) is 10.8. The van der Waals surface area contributed by atoms with Crippen LogP contribution in [-0.4, -0.2) is 34.1 Å². The van der Waals surface area contributed by atoms with Crippen LogP contribution in [0, 0.1) is 0 Å². The van der Waals surface area contributed by atoms with Crippen molar-refractivity contribution < 1.29 is 22.4 Å². The maximum Gasteiger partial charge on any atom is 0.374 e. The van der Waals surface area contributed by atoms with Crippen LogP contribution in [-0.2, 0) is 14.8 Å². The Morgan fingerprint density at radius 3 is 2.74 bits per heavy atom. The zero-order valence-corrected chi connectivity index (χ0v) is 12.1. The van der Waals surface area contributed by atoms with Crippen molar-refractivity contribution in [3.63, 3.8) is 0 Å². The van der Waals surface area contributed by atoms with E-state index in [1.165, 1.54) is 12.1 Å². The molecule has 0 unspecified atom stereocenters. The zero-order valence-electron chi connectivity index (χ0n) is 10.4. The van der Waals surface area contributed by atoms with Gasteiger partial charge in [-0.3, -0.25) is 0 Å². The third kappa shape index (κ3) is 5.19. The van der Waals surface area contributed by atoms with Gasteiger partial charge in [0.15, 0.2) is 0 Å². The lowest BCUT2D eigenvalue weighted by atomic mass is 10.4. The Morgan fingerprint density at radius 1 is 1.47 bits per heavy atom. The summed E-state index contributed by atoms with van der Waals surface area (Å²) in [5, 5.41) is -0.317. The minimum absolute atomic E-state index is 0. The summed E-state index contributed by atoms with van der Waals surface area (Å²) in [6.07, 6.45) is 0.519. The number of carbonyl (C=O) groups is 1. The Bertz CT molecular complexity index is 500. The van der Waals surface area contributed by atoms with E-state index < -0.39 is 16.0 Å². The first-order valence-electron chi connectivity index (χ1n) is 5.48. The van der Waals surface area contributed by atoms with Crippen molar-refractivity contribution in [3.8, 4) is 0 Å². The summed E-state index contributed by atoms with van der Waals surface area (Å²) < 4.78 is 35.3. The summed E-state index contributed by atoms with van der Waals surface area (Å²) in [5.74, 6) is -0.836. The SMILES string of the molecule is CCOC(=O)c1ccc(S(=O)(=O)NCCCN)o1.Cl. The molecule has 0 aliphatic heterocycles. The number of halogens is 1. The van der Waals surface area contributed by atoms with Gasteiger partial charge in [-0.1, -0.05) is 0 Å². The van der Waals surface area contributed by atoms with E-state index in [1.807, 2.05) is 0 Å². The van der Waals surface area contributed by atoms with Crippen LogP contribution in [0.2, 0.25) is 0 Å². The van der Waals surface area contributed by atoms with Gasteiger partial charge in [-0.2, -0.15) is 0 Å². The Balaban J connectivity index is 0.00000324. The van der Waals surface area contributed by atoms with Crippen LogP contribution in [0.5, 0.6) is 0 Å². The number of sulfonamides is 1. The van der Waals surface area contributed by atoms with Crippen LogP contribution in [0.1, 0.15) is 23.9 Å². The molecule has 0 saturated carbocycles. The molecule has 0 amide bonds. The van der Waals surface area contributed by atoms with E-state index in [0.29, 0.717) is 13.0 Å². The van der Waals surface area contributed by atoms with Crippen molar-refractivity contribution in [1.82, 2.24) is 4.72 Å². The number of nitrogens with one attached hydrogen (secondary N) is 1. The molecule has 0 bridgehead atoms. The van der Waals surface area contributed by atoms with Gasteiger partial charge in [0.05, 0.1) is 6.61 Å². The van der Waals surface area contributed by atoms with Gasteiger partial charge in [-0.15, -0.1) is 12.4 Å². The van der Waals surface area contributed by atoms with Gasteiger partial charge in [0.1, 0.15) is 0 Å². The van der Waals surface area contributed by atoms with Crippen LogP contribution >= 0.6 is 12.4 Å². The Labute approximate surface area is 117 Å². The largest absolute Gasteiger partial charge is 0.460 e.